The van der Waals surface area contributed by atoms with Crippen LogP contribution >= 0.6 is 0 Å². The van der Waals surface area contributed by atoms with E-state index in [0.29, 0.717) is 0 Å². The van der Waals surface area contributed by atoms with E-state index in [0.717, 1.165) is 6.92 Å². The van der Waals surface area contributed by atoms with Crippen LogP contribution < -0.4 is 113 Å². The van der Waals surface area contributed by atoms with Crippen molar-refractivity contribution in [3.63, 3.8) is 0 Å². The number of hydrogen-bond acceptors (Lipinski definition) is 6. The van der Waals surface area contributed by atoms with Crippen LogP contribution in [0.2, 0.25) is 0 Å². The second kappa shape index (κ2) is 10.4. The smallest absolute Gasteiger partial charge is 0.549 e. The van der Waals surface area contributed by atoms with E-state index < -0.39 is 28.3 Å². The predicted octanol–water partition coefficient (Wildman–Crippen LogP) is -7.81. The number of carbonyl (C=O) groups excluding carboxylic acids is 2. The molecule has 1 atom stereocenters. The van der Waals surface area contributed by atoms with E-state index in [4.69, 9.17) is 0 Å². The van der Waals surface area contributed by atoms with Crippen molar-refractivity contribution in [1.29, 1.82) is 0 Å². The van der Waals surface area contributed by atoms with Gasteiger partial charge in [0, 0.05) is 18.3 Å². The van der Waals surface area contributed by atoms with Crippen molar-refractivity contribution in [2.75, 3.05) is 0 Å². The molecule has 0 saturated heterocycles. The molecule has 0 aliphatic carbocycles. The third kappa shape index (κ3) is 6.86. The van der Waals surface area contributed by atoms with Crippen molar-refractivity contribution in [1.82, 2.24) is 0 Å². The summed E-state index contributed by atoms with van der Waals surface area (Å²) >= 11 is 0. The summed E-state index contributed by atoms with van der Waals surface area (Å²) in [6.07, 6.45) is -0.188. The zero-order valence-electron chi connectivity index (χ0n) is 11.3. The zero-order chi connectivity index (χ0) is 13.1. The largest absolute Gasteiger partial charge is 1.00 e. The van der Waals surface area contributed by atoms with Gasteiger partial charge in [-0.1, -0.05) is 13.8 Å². The van der Waals surface area contributed by atoms with Gasteiger partial charge in [-0.05, 0) is 5.92 Å². The van der Waals surface area contributed by atoms with Crippen LogP contribution in [-0.2, 0) is 9.59 Å². The van der Waals surface area contributed by atoms with Crippen LogP contribution in [0.3, 0.4) is 0 Å². The van der Waals surface area contributed by atoms with Crippen molar-refractivity contribution in [3.8, 4) is 0 Å². The van der Waals surface area contributed by atoms with Crippen molar-refractivity contribution in [3.05, 3.63) is 10.1 Å². The van der Waals surface area contributed by atoms with E-state index >= 15 is 0 Å². The monoisotopic (exact) mass is 309 g/mol. The molecular weight excluding hydrogens is 296 g/mol. The normalized spacial score (nSPS) is 13.2. The van der Waals surface area contributed by atoms with Gasteiger partial charge < -0.3 is 19.8 Å². The Kier molecular flexibility index (Phi) is 14.2. The van der Waals surface area contributed by atoms with Crippen LogP contribution in [0.25, 0.3) is 0 Å². The van der Waals surface area contributed by atoms with Gasteiger partial charge in [-0.2, -0.15) is 0 Å². The molecule has 0 saturated carbocycles. The summed E-state index contributed by atoms with van der Waals surface area (Å²) < 4.78 is 0. The average Bonchev–Trinajstić information content (AvgIpc) is 1.99. The molecule has 0 N–H and O–H groups in total. The van der Waals surface area contributed by atoms with Gasteiger partial charge in [0.25, 0.3) is 0 Å². The second-order valence-corrected chi connectivity index (χ2v) is 4.28. The van der Waals surface area contributed by atoms with Crippen LogP contribution in [0, 0.1) is 22.0 Å². The minimum absolute atomic E-state index is 0. The molecule has 0 aliphatic heterocycles. The van der Waals surface area contributed by atoms with Gasteiger partial charge in [-0.3, -0.25) is 10.1 Å². The van der Waals surface area contributed by atoms with Crippen LogP contribution in [0.1, 0.15) is 27.2 Å². The first-order valence-corrected chi connectivity index (χ1v) is 4.69. The molecule has 92 valence electrons. The summed E-state index contributed by atoms with van der Waals surface area (Å²) in [6.45, 7) is 4.23. The number of aliphatic carboxylic acids is 2. The number of carbonyl (C=O) groups is 2. The topological polar surface area (TPSA) is 123 Å². The number of nitro groups is 1. The minimum atomic E-state index is -2.26. The van der Waals surface area contributed by atoms with Crippen molar-refractivity contribution in [2.24, 2.45) is 11.8 Å². The van der Waals surface area contributed by atoms with E-state index in [9.17, 15) is 29.9 Å². The maximum Gasteiger partial charge on any atom is 1.00 e. The molecule has 7 nitrogen and oxygen atoms in total. The number of carboxylic acid groups (broad SMARTS) is 2. The Morgan fingerprint density at radius 2 is 1.50 bits per heavy atom. The zero-order valence-corrected chi connectivity index (χ0v) is 17.5. The first-order chi connectivity index (χ1) is 7.12. The average molecular weight is 309 g/mol. The minimum Gasteiger partial charge on any atom is -0.549 e. The summed E-state index contributed by atoms with van der Waals surface area (Å²) in [5.41, 5.74) is -2.12. The van der Waals surface area contributed by atoms with Crippen LogP contribution in [-0.4, -0.2) is 22.4 Å². The Labute approximate surface area is 190 Å². The fourth-order valence-electron chi connectivity index (χ4n) is 1.73. The molecule has 0 heterocycles. The summed E-state index contributed by atoms with van der Waals surface area (Å²) in [6, 6.07) is 0. The molecule has 9 heteroatoms. The number of rotatable bonds is 6. The van der Waals surface area contributed by atoms with E-state index in [1.807, 2.05) is 0 Å². The Hall–Kier alpha value is 1.61. The quantitative estimate of drug-likeness (QED) is 0.208. The van der Waals surface area contributed by atoms with E-state index in [1.54, 1.807) is 13.8 Å². The molecule has 0 amide bonds. The standard InChI is InChI=1S/C9H15NO6.2K/c1-5(2)4-9(3,10(15)16)6(7(11)12)8(13)14;;/h5-6H,4H2,1-3H3,(H,11,12)(H,13,14);;/q;2*+1/p-2. The Morgan fingerprint density at radius 3 is 1.67 bits per heavy atom. The third-order valence-corrected chi connectivity index (χ3v) is 2.33. The van der Waals surface area contributed by atoms with Gasteiger partial charge >= 0.3 is 103 Å². The summed E-state index contributed by atoms with van der Waals surface area (Å²) in [5, 5.41) is 32.1. The van der Waals surface area contributed by atoms with E-state index in [-0.39, 0.29) is 115 Å². The van der Waals surface area contributed by atoms with Crippen LogP contribution in [0.15, 0.2) is 0 Å². The molecule has 0 fully saturated rings. The fraction of sp³-hybridized carbons (Fsp3) is 0.778. The molecule has 0 aromatic carbocycles. The van der Waals surface area contributed by atoms with E-state index in [1.165, 1.54) is 0 Å². The second-order valence-electron chi connectivity index (χ2n) is 4.28. The maximum atomic E-state index is 10.8. The van der Waals surface area contributed by atoms with Crippen LogP contribution in [0.5, 0.6) is 0 Å². The number of nitrogens with zero attached hydrogens (tertiary/aromatic N) is 1. The van der Waals surface area contributed by atoms with Crippen molar-refractivity contribution >= 4 is 11.9 Å². The van der Waals surface area contributed by atoms with Crippen molar-refractivity contribution in [2.45, 2.75) is 32.7 Å². The maximum absolute atomic E-state index is 10.8. The summed E-state index contributed by atoms with van der Waals surface area (Å²) in [7, 11) is 0. The summed E-state index contributed by atoms with van der Waals surface area (Å²) in [5.74, 6) is -6.49. The predicted molar refractivity (Wildman–Crippen MR) is 48.4 cm³/mol. The number of carboxylic acids is 2. The molecule has 0 aromatic heterocycles. The molecule has 0 spiro atoms. The molecule has 0 aliphatic rings. The first-order valence-electron chi connectivity index (χ1n) is 4.69. The third-order valence-electron chi connectivity index (χ3n) is 2.33. The fourth-order valence-corrected chi connectivity index (χ4v) is 1.73. The molecule has 0 radical (unpaired) electrons. The van der Waals surface area contributed by atoms with Crippen LogP contribution in [0.4, 0.5) is 0 Å². The van der Waals surface area contributed by atoms with Gasteiger partial charge in [0.2, 0.25) is 5.54 Å². The molecule has 0 bridgehead atoms. The van der Waals surface area contributed by atoms with E-state index in [2.05, 4.69) is 0 Å². The Balaban J connectivity index is -0.00000112. The van der Waals surface area contributed by atoms with Gasteiger partial charge in [0.1, 0.15) is 5.92 Å². The molecule has 0 rings (SSSR count). The van der Waals surface area contributed by atoms with Gasteiger partial charge in [-0.25, -0.2) is 0 Å². The van der Waals surface area contributed by atoms with Gasteiger partial charge in [-0.15, -0.1) is 0 Å². The van der Waals surface area contributed by atoms with Gasteiger partial charge in [0.15, 0.2) is 0 Å². The molecular formula is C9H13K2NO6. The summed E-state index contributed by atoms with van der Waals surface area (Å²) in [4.78, 5) is 31.2. The number of hydrogen-bond donors (Lipinski definition) is 0. The Bertz CT molecular complexity index is 308. The SMILES string of the molecule is CC(C)CC(C)(C(C(=O)[O-])C(=O)[O-])[N+](=O)[O-].[K+].[K+]. The first kappa shape index (κ1) is 24.6. The van der Waals surface area contributed by atoms with Crippen molar-refractivity contribution < 1.29 is 127 Å². The molecule has 18 heavy (non-hydrogen) atoms. The Morgan fingerprint density at radius 1 is 1.17 bits per heavy atom. The molecule has 0 aromatic rings. The molecule has 1 unspecified atom stereocenters. The van der Waals surface area contributed by atoms with Gasteiger partial charge in [0.05, 0.1) is 11.9 Å².